The summed E-state index contributed by atoms with van der Waals surface area (Å²) in [6, 6.07) is 0.682. The van der Waals surface area contributed by atoms with E-state index >= 15 is 0 Å². The molecule has 1 aromatic heterocycles. The Morgan fingerprint density at radius 3 is 2.50 bits per heavy atom. The molecule has 0 radical (unpaired) electrons. The average Bonchev–Trinajstić information content (AvgIpc) is 2.44. The van der Waals surface area contributed by atoms with E-state index < -0.39 is 0 Å². The smallest absolute Gasteiger partial charge is 0.323 e. The fraction of sp³-hybridized carbons (Fsp3) is 0.786. The van der Waals surface area contributed by atoms with Gasteiger partial charge in [-0.1, -0.05) is 27.2 Å². The lowest BCUT2D eigenvalue weighted by Gasteiger charge is -2.28. The molecule has 1 aromatic rings. The maximum Gasteiger partial charge on any atom is 0.323 e. The van der Waals surface area contributed by atoms with E-state index in [9.17, 15) is 0 Å². The summed E-state index contributed by atoms with van der Waals surface area (Å²) in [6.07, 6.45) is 4.17. The fourth-order valence-electron chi connectivity index (χ4n) is 1.81. The van der Waals surface area contributed by atoms with E-state index in [0.717, 1.165) is 32.2 Å². The minimum atomic E-state index is 0.214. The van der Waals surface area contributed by atoms with Gasteiger partial charge in [0.15, 0.2) is 0 Å². The van der Waals surface area contributed by atoms with E-state index in [1.54, 1.807) is 0 Å². The summed E-state index contributed by atoms with van der Waals surface area (Å²) < 4.78 is 5.48. The van der Waals surface area contributed by atoms with Gasteiger partial charge in [-0.25, -0.2) is 0 Å². The molecule has 0 fully saturated rings. The van der Waals surface area contributed by atoms with Crippen molar-refractivity contribution in [2.45, 2.75) is 59.4 Å². The molecule has 0 saturated carbocycles. The summed E-state index contributed by atoms with van der Waals surface area (Å²) in [5.41, 5.74) is 5.77. The summed E-state index contributed by atoms with van der Waals surface area (Å²) >= 11 is 0. The van der Waals surface area contributed by atoms with E-state index in [1.807, 2.05) is 6.92 Å². The highest BCUT2D eigenvalue weighted by molar-refractivity contribution is 5.37. The normalized spacial score (nSPS) is 12.2. The van der Waals surface area contributed by atoms with Crippen molar-refractivity contribution in [2.24, 2.45) is 0 Å². The average molecular weight is 281 g/mol. The molecule has 20 heavy (non-hydrogen) atoms. The van der Waals surface area contributed by atoms with Crippen LogP contribution >= 0.6 is 0 Å². The van der Waals surface area contributed by atoms with E-state index in [1.165, 1.54) is 0 Å². The Morgan fingerprint density at radius 1 is 1.15 bits per heavy atom. The Labute approximate surface area is 121 Å². The molecule has 1 atom stereocenters. The second-order valence-electron chi connectivity index (χ2n) is 4.93. The molecule has 0 amide bonds. The van der Waals surface area contributed by atoms with Crippen LogP contribution in [0.15, 0.2) is 0 Å². The number of hydrogen-bond donors (Lipinski definition) is 1. The van der Waals surface area contributed by atoms with Gasteiger partial charge in [0.25, 0.3) is 0 Å². The van der Waals surface area contributed by atoms with Crippen LogP contribution in [0.4, 0.5) is 11.9 Å². The molecule has 0 spiro atoms. The molecule has 6 nitrogen and oxygen atoms in total. The van der Waals surface area contributed by atoms with Crippen LogP contribution in [0.2, 0.25) is 0 Å². The molecule has 1 heterocycles. The lowest BCUT2D eigenvalue weighted by molar-refractivity contribution is 0.291. The molecule has 1 rings (SSSR count). The Balaban J connectivity index is 2.95. The fourth-order valence-corrected chi connectivity index (χ4v) is 1.81. The molecule has 0 aliphatic rings. The molecule has 0 aliphatic heterocycles. The van der Waals surface area contributed by atoms with Crippen molar-refractivity contribution in [1.29, 1.82) is 0 Å². The third-order valence-corrected chi connectivity index (χ3v) is 3.19. The number of anilines is 2. The van der Waals surface area contributed by atoms with Crippen molar-refractivity contribution in [2.75, 3.05) is 23.8 Å². The number of rotatable bonds is 9. The standard InChI is InChI=1S/C14H27N5O/c1-5-8-9-19(11(4)7-3)13-16-12(15)17-14(18-13)20-10-6-2/h11H,5-10H2,1-4H3,(H2,15,16,17,18). The zero-order valence-electron chi connectivity index (χ0n) is 13.1. The lowest BCUT2D eigenvalue weighted by Crippen LogP contribution is -2.35. The van der Waals surface area contributed by atoms with Gasteiger partial charge in [-0.2, -0.15) is 15.0 Å². The first-order chi connectivity index (χ1) is 9.62. The predicted molar refractivity (Wildman–Crippen MR) is 82.0 cm³/mol. The Hall–Kier alpha value is -1.59. The number of unbranched alkanes of at least 4 members (excludes halogenated alkanes) is 1. The summed E-state index contributed by atoms with van der Waals surface area (Å²) in [7, 11) is 0. The minimum Gasteiger partial charge on any atom is -0.463 e. The molecule has 0 aliphatic carbocycles. The van der Waals surface area contributed by atoms with Crippen LogP contribution in [-0.4, -0.2) is 34.1 Å². The van der Waals surface area contributed by atoms with Crippen molar-refractivity contribution in [3.8, 4) is 6.01 Å². The highest BCUT2D eigenvalue weighted by atomic mass is 16.5. The van der Waals surface area contributed by atoms with Gasteiger partial charge < -0.3 is 15.4 Å². The molecule has 1 unspecified atom stereocenters. The highest BCUT2D eigenvalue weighted by Gasteiger charge is 2.17. The molecule has 0 saturated heterocycles. The second kappa shape index (κ2) is 8.55. The van der Waals surface area contributed by atoms with Crippen LogP contribution in [0, 0.1) is 0 Å². The van der Waals surface area contributed by atoms with E-state index in [-0.39, 0.29) is 5.95 Å². The number of hydrogen-bond acceptors (Lipinski definition) is 6. The van der Waals surface area contributed by atoms with Gasteiger partial charge >= 0.3 is 6.01 Å². The molecular formula is C14H27N5O. The van der Waals surface area contributed by atoms with Gasteiger partial charge in [0.2, 0.25) is 11.9 Å². The van der Waals surface area contributed by atoms with Crippen LogP contribution in [0.5, 0.6) is 6.01 Å². The summed E-state index contributed by atoms with van der Waals surface area (Å²) in [5.74, 6) is 0.831. The number of nitrogens with zero attached hydrogens (tertiary/aromatic N) is 4. The van der Waals surface area contributed by atoms with Crippen LogP contribution in [0.1, 0.15) is 53.4 Å². The van der Waals surface area contributed by atoms with Crippen LogP contribution in [-0.2, 0) is 0 Å². The van der Waals surface area contributed by atoms with Gasteiger partial charge in [0, 0.05) is 12.6 Å². The Kier molecular flexibility index (Phi) is 7.04. The van der Waals surface area contributed by atoms with Crippen molar-refractivity contribution < 1.29 is 4.74 Å². The number of ether oxygens (including phenoxy) is 1. The van der Waals surface area contributed by atoms with Crippen LogP contribution in [0.25, 0.3) is 0 Å². The van der Waals surface area contributed by atoms with E-state index in [4.69, 9.17) is 10.5 Å². The lowest BCUT2D eigenvalue weighted by atomic mass is 10.2. The van der Waals surface area contributed by atoms with Gasteiger partial charge in [-0.05, 0) is 26.2 Å². The summed E-state index contributed by atoms with van der Waals surface area (Å²) in [5, 5.41) is 0. The minimum absolute atomic E-state index is 0.214. The first-order valence-electron chi connectivity index (χ1n) is 7.53. The monoisotopic (exact) mass is 281 g/mol. The van der Waals surface area contributed by atoms with Crippen LogP contribution < -0.4 is 15.4 Å². The molecule has 0 bridgehead atoms. The van der Waals surface area contributed by atoms with Gasteiger partial charge in [-0.3, -0.25) is 0 Å². The Morgan fingerprint density at radius 2 is 1.90 bits per heavy atom. The second-order valence-corrected chi connectivity index (χ2v) is 4.93. The van der Waals surface area contributed by atoms with Crippen molar-refractivity contribution >= 4 is 11.9 Å². The molecule has 114 valence electrons. The van der Waals surface area contributed by atoms with Crippen molar-refractivity contribution in [3.63, 3.8) is 0 Å². The van der Waals surface area contributed by atoms with Gasteiger partial charge in [-0.15, -0.1) is 0 Å². The van der Waals surface area contributed by atoms with E-state index in [2.05, 4.69) is 40.6 Å². The SMILES string of the molecule is CCCCN(c1nc(N)nc(OCCC)n1)C(C)CC. The zero-order chi connectivity index (χ0) is 15.0. The van der Waals surface area contributed by atoms with Gasteiger partial charge in [0.1, 0.15) is 0 Å². The summed E-state index contributed by atoms with van der Waals surface area (Å²) in [4.78, 5) is 14.9. The number of nitrogen functional groups attached to an aromatic ring is 1. The maximum atomic E-state index is 5.77. The number of nitrogens with two attached hydrogens (primary N) is 1. The molecule has 0 aromatic carbocycles. The molecule has 2 N–H and O–H groups in total. The Bertz CT molecular complexity index is 399. The third-order valence-electron chi connectivity index (χ3n) is 3.19. The first-order valence-corrected chi connectivity index (χ1v) is 7.53. The topological polar surface area (TPSA) is 77.2 Å². The quantitative estimate of drug-likeness (QED) is 0.749. The molecule has 6 heteroatoms. The van der Waals surface area contributed by atoms with Crippen molar-refractivity contribution in [3.05, 3.63) is 0 Å². The van der Waals surface area contributed by atoms with Gasteiger partial charge in [0.05, 0.1) is 6.61 Å². The highest BCUT2D eigenvalue weighted by Crippen LogP contribution is 2.18. The maximum absolute atomic E-state index is 5.77. The van der Waals surface area contributed by atoms with Crippen LogP contribution in [0.3, 0.4) is 0 Å². The van der Waals surface area contributed by atoms with E-state index in [0.29, 0.717) is 24.6 Å². The predicted octanol–water partition coefficient (Wildman–Crippen LogP) is 2.65. The third kappa shape index (κ3) is 4.83. The first kappa shape index (κ1) is 16.5. The molecular weight excluding hydrogens is 254 g/mol. The summed E-state index contributed by atoms with van der Waals surface area (Å²) in [6.45, 7) is 10.0. The number of aromatic nitrogens is 3. The van der Waals surface area contributed by atoms with Crippen molar-refractivity contribution in [1.82, 2.24) is 15.0 Å². The zero-order valence-corrected chi connectivity index (χ0v) is 13.1. The largest absolute Gasteiger partial charge is 0.463 e.